The Morgan fingerprint density at radius 2 is 1.97 bits per heavy atom. The first-order chi connectivity index (χ1) is 15.2. The van der Waals surface area contributed by atoms with Crippen LogP contribution in [0.2, 0.25) is 0 Å². The molecular weight excluding hydrogens is 393 g/mol. The fraction of sp³-hybridized carbons (Fsp3) is 0.250. The molecule has 5 rings (SSSR count). The average Bonchev–Trinajstić information content (AvgIpc) is 3.27. The number of amides is 1. The number of carbonyl (C=O) groups is 1. The number of benzene rings is 1. The van der Waals surface area contributed by atoms with E-state index in [1.165, 1.54) is 12.1 Å². The number of carbonyl (C=O) groups excluding carboxylic acids is 1. The maximum atomic E-state index is 13.3. The van der Waals surface area contributed by atoms with E-state index in [1.54, 1.807) is 30.6 Å². The number of fused-ring (bicyclic) bond motifs is 1. The van der Waals surface area contributed by atoms with Gasteiger partial charge in [0.15, 0.2) is 5.65 Å². The van der Waals surface area contributed by atoms with Crippen LogP contribution in [0.1, 0.15) is 35.6 Å². The van der Waals surface area contributed by atoms with Gasteiger partial charge in [0, 0.05) is 30.6 Å². The van der Waals surface area contributed by atoms with Gasteiger partial charge in [-0.2, -0.15) is 0 Å². The Hall–Kier alpha value is -3.61. The van der Waals surface area contributed by atoms with Gasteiger partial charge in [-0.3, -0.25) is 4.79 Å². The van der Waals surface area contributed by atoms with Crippen molar-refractivity contribution in [2.75, 3.05) is 6.54 Å². The Kier molecular flexibility index (Phi) is 5.16. The SMILES string of the molecule is O=C(c1ccc2cccnc2n1)N1CCCC[C@H]1Cc1ncc(-c2ccc(F)cc2)[nH]1. The van der Waals surface area contributed by atoms with Crippen molar-refractivity contribution in [3.8, 4) is 11.3 Å². The zero-order valence-electron chi connectivity index (χ0n) is 17.0. The summed E-state index contributed by atoms with van der Waals surface area (Å²) in [5, 5.41) is 0.915. The van der Waals surface area contributed by atoms with E-state index >= 15 is 0 Å². The van der Waals surface area contributed by atoms with Crippen LogP contribution in [-0.4, -0.2) is 43.3 Å². The van der Waals surface area contributed by atoms with Crippen LogP contribution in [0, 0.1) is 5.82 Å². The van der Waals surface area contributed by atoms with Crippen LogP contribution in [0.5, 0.6) is 0 Å². The summed E-state index contributed by atoms with van der Waals surface area (Å²) in [6.45, 7) is 0.705. The highest BCUT2D eigenvalue weighted by Crippen LogP contribution is 2.24. The summed E-state index contributed by atoms with van der Waals surface area (Å²) in [4.78, 5) is 31.8. The van der Waals surface area contributed by atoms with E-state index < -0.39 is 0 Å². The molecule has 1 aliphatic rings. The lowest BCUT2D eigenvalue weighted by Gasteiger charge is -2.35. The Balaban J connectivity index is 1.35. The Morgan fingerprint density at radius 1 is 1.10 bits per heavy atom. The van der Waals surface area contributed by atoms with E-state index in [9.17, 15) is 9.18 Å². The van der Waals surface area contributed by atoms with Crippen molar-refractivity contribution in [3.63, 3.8) is 0 Å². The summed E-state index contributed by atoms with van der Waals surface area (Å²) in [5.74, 6) is 0.483. The zero-order valence-corrected chi connectivity index (χ0v) is 17.0. The second-order valence-corrected chi connectivity index (χ2v) is 7.85. The van der Waals surface area contributed by atoms with Crippen LogP contribution < -0.4 is 0 Å². The molecule has 1 atom stereocenters. The molecule has 0 unspecified atom stereocenters. The normalized spacial score (nSPS) is 16.5. The summed E-state index contributed by atoms with van der Waals surface area (Å²) in [6, 6.07) is 13.8. The minimum absolute atomic E-state index is 0.0506. The lowest BCUT2D eigenvalue weighted by Crippen LogP contribution is -2.45. The molecule has 1 aliphatic heterocycles. The first-order valence-corrected chi connectivity index (χ1v) is 10.5. The van der Waals surface area contributed by atoms with Crippen molar-refractivity contribution in [2.24, 2.45) is 0 Å². The third-order valence-electron chi connectivity index (χ3n) is 5.78. The summed E-state index contributed by atoms with van der Waals surface area (Å²) in [7, 11) is 0. The number of hydrogen-bond acceptors (Lipinski definition) is 4. The molecule has 0 saturated carbocycles. The molecule has 4 heterocycles. The first-order valence-electron chi connectivity index (χ1n) is 10.5. The Morgan fingerprint density at radius 3 is 2.84 bits per heavy atom. The average molecular weight is 415 g/mol. The monoisotopic (exact) mass is 415 g/mol. The minimum atomic E-state index is -0.266. The molecule has 0 spiro atoms. The Bertz CT molecular complexity index is 1220. The maximum Gasteiger partial charge on any atom is 0.272 e. The fourth-order valence-corrected chi connectivity index (χ4v) is 4.16. The maximum absolute atomic E-state index is 13.3. The number of aromatic nitrogens is 4. The van der Waals surface area contributed by atoms with Gasteiger partial charge in [-0.05, 0) is 73.4 Å². The van der Waals surface area contributed by atoms with Gasteiger partial charge in [0.05, 0.1) is 11.9 Å². The van der Waals surface area contributed by atoms with E-state index in [0.29, 0.717) is 24.3 Å². The van der Waals surface area contributed by atoms with Crippen LogP contribution in [0.25, 0.3) is 22.3 Å². The number of halogens is 1. The topological polar surface area (TPSA) is 74.8 Å². The Labute approximate surface area is 179 Å². The quantitative estimate of drug-likeness (QED) is 0.536. The third-order valence-corrected chi connectivity index (χ3v) is 5.78. The van der Waals surface area contributed by atoms with E-state index in [0.717, 1.165) is 41.7 Å². The van der Waals surface area contributed by atoms with E-state index in [1.807, 2.05) is 23.1 Å². The number of piperidine rings is 1. The molecule has 1 fully saturated rings. The second kappa shape index (κ2) is 8.26. The number of imidazole rings is 1. The number of pyridine rings is 2. The summed E-state index contributed by atoms with van der Waals surface area (Å²) in [6.07, 6.45) is 7.06. The van der Waals surface area contributed by atoms with Gasteiger partial charge in [0.2, 0.25) is 0 Å². The molecule has 1 aromatic carbocycles. The van der Waals surface area contributed by atoms with E-state index in [-0.39, 0.29) is 17.8 Å². The van der Waals surface area contributed by atoms with Crippen molar-refractivity contribution < 1.29 is 9.18 Å². The van der Waals surface area contributed by atoms with Gasteiger partial charge in [0.1, 0.15) is 17.3 Å². The van der Waals surface area contributed by atoms with Crippen LogP contribution in [0.3, 0.4) is 0 Å². The summed E-state index contributed by atoms with van der Waals surface area (Å²) < 4.78 is 13.2. The molecule has 3 aromatic heterocycles. The second-order valence-electron chi connectivity index (χ2n) is 7.85. The zero-order chi connectivity index (χ0) is 21.2. The van der Waals surface area contributed by atoms with Crippen molar-refractivity contribution >= 4 is 16.9 Å². The highest BCUT2D eigenvalue weighted by molar-refractivity contribution is 5.94. The van der Waals surface area contributed by atoms with Crippen LogP contribution in [0.15, 0.2) is 60.9 Å². The van der Waals surface area contributed by atoms with E-state index in [2.05, 4.69) is 19.9 Å². The van der Waals surface area contributed by atoms with Gasteiger partial charge in [-0.25, -0.2) is 19.3 Å². The van der Waals surface area contributed by atoms with E-state index in [4.69, 9.17) is 0 Å². The number of aromatic amines is 1. The fourth-order valence-electron chi connectivity index (χ4n) is 4.16. The number of H-pyrrole nitrogens is 1. The first kappa shape index (κ1) is 19.4. The van der Waals surface area contributed by atoms with Gasteiger partial charge in [0.25, 0.3) is 5.91 Å². The molecule has 156 valence electrons. The van der Waals surface area contributed by atoms with Crippen LogP contribution >= 0.6 is 0 Å². The molecule has 1 amide bonds. The van der Waals surface area contributed by atoms with Crippen LogP contribution in [-0.2, 0) is 6.42 Å². The molecule has 7 heteroatoms. The molecule has 31 heavy (non-hydrogen) atoms. The molecular formula is C24H22FN5O. The standard InChI is InChI=1S/C24H22FN5O/c25-18-9-6-16(7-10-18)21-15-27-22(28-21)14-19-5-1-2-13-30(19)24(31)20-11-8-17-4-3-12-26-23(17)29-20/h3-4,6-12,15,19H,1-2,5,13-14H2,(H,27,28)/t19-/m0/s1. The van der Waals surface area contributed by atoms with Crippen molar-refractivity contribution in [1.29, 1.82) is 0 Å². The number of rotatable bonds is 4. The lowest BCUT2D eigenvalue weighted by molar-refractivity contribution is 0.0605. The number of nitrogens with zero attached hydrogens (tertiary/aromatic N) is 4. The third kappa shape index (κ3) is 4.03. The highest BCUT2D eigenvalue weighted by atomic mass is 19.1. The van der Waals surface area contributed by atoms with Crippen molar-refractivity contribution in [2.45, 2.75) is 31.7 Å². The number of hydrogen-bond donors (Lipinski definition) is 1. The lowest BCUT2D eigenvalue weighted by atomic mass is 9.98. The highest BCUT2D eigenvalue weighted by Gasteiger charge is 2.29. The predicted molar refractivity (Wildman–Crippen MR) is 116 cm³/mol. The number of nitrogens with one attached hydrogen (secondary N) is 1. The predicted octanol–water partition coefficient (Wildman–Crippen LogP) is 4.40. The summed E-state index contributed by atoms with van der Waals surface area (Å²) in [5.41, 5.74) is 2.72. The largest absolute Gasteiger partial charge is 0.342 e. The molecule has 1 N–H and O–H groups in total. The van der Waals surface area contributed by atoms with Crippen LogP contribution in [0.4, 0.5) is 4.39 Å². The molecule has 6 nitrogen and oxygen atoms in total. The minimum Gasteiger partial charge on any atom is -0.342 e. The van der Waals surface area contributed by atoms with Gasteiger partial charge in [-0.15, -0.1) is 0 Å². The van der Waals surface area contributed by atoms with Gasteiger partial charge < -0.3 is 9.88 Å². The molecule has 4 aromatic rings. The molecule has 0 aliphatic carbocycles. The molecule has 0 radical (unpaired) electrons. The number of likely N-dealkylation sites (tertiary alicyclic amines) is 1. The van der Waals surface area contributed by atoms with Crippen molar-refractivity contribution in [1.82, 2.24) is 24.8 Å². The molecule has 0 bridgehead atoms. The smallest absolute Gasteiger partial charge is 0.272 e. The molecule has 1 saturated heterocycles. The summed E-state index contributed by atoms with van der Waals surface area (Å²) >= 11 is 0. The van der Waals surface area contributed by atoms with Crippen molar-refractivity contribution in [3.05, 3.63) is 78.3 Å². The van der Waals surface area contributed by atoms with Gasteiger partial charge >= 0.3 is 0 Å². The van der Waals surface area contributed by atoms with Gasteiger partial charge in [-0.1, -0.05) is 0 Å².